The van der Waals surface area contributed by atoms with Gasteiger partial charge in [0.15, 0.2) is 0 Å². The number of aryl methyl sites for hydroxylation is 1. The van der Waals surface area contributed by atoms with Crippen LogP contribution in [0.15, 0.2) is 48.5 Å². The van der Waals surface area contributed by atoms with Crippen molar-refractivity contribution in [2.45, 2.75) is 13.3 Å². The number of rotatable bonds is 6. The summed E-state index contributed by atoms with van der Waals surface area (Å²) < 4.78 is 5.51. The fourth-order valence-electron chi connectivity index (χ4n) is 1.98. The van der Waals surface area contributed by atoms with Gasteiger partial charge >= 0.3 is 6.03 Å². The van der Waals surface area contributed by atoms with Gasteiger partial charge in [-0.2, -0.15) is 0 Å². The first-order chi connectivity index (χ1) is 10.7. The van der Waals surface area contributed by atoms with Crippen LogP contribution in [0.1, 0.15) is 12.5 Å². The number of para-hydroxylation sites is 1. The van der Waals surface area contributed by atoms with Gasteiger partial charge in [-0.25, -0.2) is 4.79 Å². The van der Waals surface area contributed by atoms with E-state index in [4.69, 9.17) is 16.3 Å². The predicted octanol–water partition coefficient (Wildman–Crippen LogP) is 4.10. The number of urea groups is 1. The highest BCUT2D eigenvalue weighted by Gasteiger charge is 2.04. The maximum atomic E-state index is 11.8. The van der Waals surface area contributed by atoms with Crippen molar-refractivity contribution < 1.29 is 9.53 Å². The summed E-state index contributed by atoms with van der Waals surface area (Å²) in [5.41, 5.74) is 1.94. The summed E-state index contributed by atoms with van der Waals surface area (Å²) in [4.78, 5) is 11.8. The number of amides is 2. The molecule has 0 saturated carbocycles. The fourth-order valence-corrected chi connectivity index (χ4v) is 2.11. The van der Waals surface area contributed by atoms with Gasteiger partial charge in [0.2, 0.25) is 0 Å². The molecule has 2 rings (SSSR count). The first-order valence-corrected chi connectivity index (χ1v) is 7.58. The Morgan fingerprint density at radius 1 is 1.14 bits per heavy atom. The number of nitrogens with one attached hydrogen (secondary N) is 2. The molecule has 2 aromatic rings. The lowest BCUT2D eigenvalue weighted by Crippen LogP contribution is -2.32. The lowest BCUT2D eigenvalue weighted by molar-refractivity contribution is 0.247. The van der Waals surface area contributed by atoms with Gasteiger partial charge in [-0.15, -0.1) is 0 Å². The Morgan fingerprint density at radius 2 is 1.86 bits per heavy atom. The molecule has 116 valence electrons. The molecule has 0 aliphatic heterocycles. The van der Waals surface area contributed by atoms with Crippen LogP contribution in [-0.2, 0) is 6.42 Å². The minimum atomic E-state index is -0.236. The third-order valence-electron chi connectivity index (χ3n) is 3.12. The Hall–Kier alpha value is -2.20. The van der Waals surface area contributed by atoms with Crippen molar-refractivity contribution in [1.29, 1.82) is 0 Å². The summed E-state index contributed by atoms with van der Waals surface area (Å²) in [5.74, 6) is 0.725. The van der Waals surface area contributed by atoms with Gasteiger partial charge in [-0.1, -0.05) is 36.7 Å². The highest BCUT2D eigenvalue weighted by Crippen LogP contribution is 2.16. The Labute approximate surface area is 135 Å². The average molecular weight is 319 g/mol. The van der Waals surface area contributed by atoms with E-state index in [2.05, 4.69) is 17.6 Å². The van der Waals surface area contributed by atoms with Crippen LogP contribution in [-0.4, -0.2) is 19.2 Å². The molecule has 0 fully saturated rings. The van der Waals surface area contributed by atoms with Gasteiger partial charge in [0.1, 0.15) is 12.4 Å². The monoisotopic (exact) mass is 318 g/mol. The Morgan fingerprint density at radius 3 is 2.59 bits per heavy atom. The van der Waals surface area contributed by atoms with E-state index in [1.807, 2.05) is 24.3 Å². The molecule has 2 N–H and O–H groups in total. The van der Waals surface area contributed by atoms with E-state index in [-0.39, 0.29) is 6.03 Å². The van der Waals surface area contributed by atoms with Crippen LogP contribution in [0.3, 0.4) is 0 Å². The van der Waals surface area contributed by atoms with E-state index in [1.165, 1.54) is 0 Å². The van der Waals surface area contributed by atoms with E-state index in [9.17, 15) is 4.79 Å². The van der Waals surface area contributed by atoms with Gasteiger partial charge < -0.3 is 15.4 Å². The molecule has 4 nitrogen and oxygen atoms in total. The van der Waals surface area contributed by atoms with Gasteiger partial charge in [0.25, 0.3) is 0 Å². The summed E-state index contributed by atoms with van der Waals surface area (Å²) in [6.07, 6.45) is 0.871. The van der Waals surface area contributed by atoms with Crippen LogP contribution in [0.4, 0.5) is 10.5 Å². The van der Waals surface area contributed by atoms with Crippen LogP contribution in [0.5, 0.6) is 5.75 Å². The number of benzene rings is 2. The van der Waals surface area contributed by atoms with Crippen LogP contribution in [0.2, 0.25) is 5.02 Å². The Kier molecular flexibility index (Phi) is 6.10. The molecule has 0 aliphatic rings. The Balaban J connectivity index is 1.72. The SMILES string of the molecule is CCc1ccccc1NC(=O)NCCOc1ccc(Cl)cc1. The largest absolute Gasteiger partial charge is 0.492 e. The molecule has 0 radical (unpaired) electrons. The molecule has 22 heavy (non-hydrogen) atoms. The van der Waals surface area contributed by atoms with Gasteiger partial charge in [-0.05, 0) is 42.3 Å². The molecular formula is C17H19ClN2O2. The summed E-state index contributed by atoms with van der Waals surface area (Å²) >= 11 is 5.80. The van der Waals surface area contributed by atoms with Gasteiger partial charge in [0.05, 0.1) is 6.54 Å². The van der Waals surface area contributed by atoms with Crippen LogP contribution in [0.25, 0.3) is 0 Å². The second kappa shape index (κ2) is 8.29. The third kappa shape index (κ3) is 4.97. The molecular weight excluding hydrogens is 300 g/mol. The van der Waals surface area contributed by atoms with Gasteiger partial charge in [-0.3, -0.25) is 0 Å². The molecule has 0 saturated heterocycles. The van der Waals surface area contributed by atoms with Crippen molar-refractivity contribution in [3.63, 3.8) is 0 Å². The molecule has 0 bridgehead atoms. The van der Waals surface area contributed by atoms with Crippen LogP contribution >= 0.6 is 11.6 Å². The zero-order chi connectivity index (χ0) is 15.8. The van der Waals surface area contributed by atoms with E-state index in [0.717, 1.165) is 23.4 Å². The van der Waals surface area contributed by atoms with Crippen molar-refractivity contribution in [2.75, 3.05) is 18.5 Å². The normalized spacial score (nSPS) is 10.1. The average Bonchev–Trinajstić information content (AvgIpc) is 2.54. The summed E-state index contributed by atoms with van der Waals surface area (Å²) in [6.45, 7) is 2.87. The number of hydrogen-bond donors (Lipinski definition) is 2. The molecule has 0 spiro atoms. The number of halogens is 1. The van der Waals surface area contributed by atoms with E-state index < -0.39 is 0 Å². The lowest BCUT2D eigenvalue weighted by atomic mass is 10.1. The first-order valence-electron chi connectivity index (χ1n) is 7.20. The molecule has 5 heteroatoms. The molecule has 0 heterocycles. The van der Waals surface area contributed by atoms with Crippen LogP contribution < -0.4 is 15.4 Å². The zero-order valence-electron chi connectivity index (χ0n) is 12.4. The highest BCUT2D eigenvalue weighted by molar-refractivity contribution is 6.30. The molecule has 0 aliphatic carbocycles. The summed E-state index contributed by atoms with van der Waals surface area (Å²) in [6, 6.07) is 14.6. The smallest absolute Gasteiger partial charge is 0.319 e. The summed E-state index contributed by atoms with van der Waals surface area (Å²) in [5, 5.41) is 6.27. The molecule has 0 atom stereocenters. The van der Waals surface area contributed by atoms with Crippen molar-refractivity contribution in [3.05, 3.63) is 59.1 Å². The number of carbonyl (C=O) groups excluding carboxylic acids is 1. The number of ether oxygens (including phenoxy) is 1. The Bertz CT molecular complexity index is 614. The standard InChI is InChI=1S/C17H19ClN2O2/c1-2-13-5-3-4-6-16(13)20-17(21)19-11-12-22-15-9-7-14(18)8-10-15/h3-10H,2,11-12H2,1H3,(H2,19,20,21). The number of carbonyl (C=O) groups is 1. The van der Waals surface area contributed by atoms with E-state index in [1.54, 1.807) is 24.3 Å². The lowest BCUT2D eigenvalue weighted by Gasteiger charge is -2.11. The van der Waals surface area contributed by atoms with Gasteiger partial charge in [0, 0.05) is 10.7 Å². The van der Waals surface area contributed by atoms with Crippen molar-refractivity contribution >= 4 is 23.3 Å². The number of hydrogen-bond acceptors (Lipinski definition) is 2. The van der Waals surface area contributed by atoms with Crippen molar-refractivity contribution in [3.8, 4) is 5.75 Å². The maximum absolute atomic E-state index is 11.8. The van der Waals surface area contributed by atoms with Crippen LogP contribution in [0, 0.1) is 0 Å². The summed E-state index contributed by atoms with van der Waals surface area (Å²) in [7, 11) is 0. The maximum Gasteiger partial charge on any atom is 0.319 e. The van der Waals surface area contributed by atoms with Crippen molar-refractivity contribution in [1.82, 2.24) is 5.32 Å². The fraction of sp³-hybridized carbons (Fsp3) is 0.235. The minimum absolute atomic E-state index is 0.236. The third-order valence-corrected chi connectivity index (χ3v) is 3.37. The second-order valence-electron chi connectivity index (χ2n) is 4.69. The first kappa shape index (κ1) is 16.2. The topological polar surface area (TPSA) is 50.4 Å². The van der Waals surface area contributed by atoms with E-state index >= 15 is 0 Å². The molecule has 0 unspecified atom stereocenters. The quantitative estimate of drug-likeness (QED) is 0.788. The molecule has 2 amide bonds. The zero-order valence-corrected chi connectivity index (χ0v) is 13.2. The second-order valence-corrected chi connectivity index (χ2v) is 5.13. The van der Waals surface area contributed by atoms with E-state index in [0.29, 0.717) is 18.2 Å². The molecule has 2 aromatic carbocycles. The highest BCUT2D eigenvalue weighted by atomic mass is 35.5. The minimum Gasteiger partial charge on any atom is -0.492 e. The molecule has 0 aromatic heterocycles. The predicted molar refractivity (Wildman–Crippen MR) is 89.8 cm³/mol. The van der Waals surface area contributed by atoms with Crippen molar-refractivity contribution in [2.24, 2.45) is 0 Å². The number of anilines is 1.